The summed E-state index contributed by atoms with van der Waals surface area (Å²) in [5, 5.41) is 3.92. The number of sulfone groups is 1. The fraction of sp³-hybridized carbons (Fsp3) is 0.125. The van der Waals surface area contributed by atoms with Gasteiger partial charge in [-0.3, -0.25) is 0 Å². The first-order valence-electron chi connectivity index (χ1n) is 6.94. The van der Waals surface area contributed by atoms with Crippen molar-refractivity contribution in [1.29, 1.82) is 0 Å². The van der Waals surface area contributed by atoms with Gasteiger partial charge in [0, 0.05) is 29.9 Å². The zero-order valence-electron chi connectivity index (χ0n) is 12.7. The van der Waals surface area contributed by atoms with Gasteiger partial charge in [0.2, 0.25) is 0 Å². The van der Waals surface area contributed by atoms with Crippen LogP contribution in [0.4, 0.5) is 11.5 Å². The molecule has 7 heteroatoms. The monoisotopic (exact) mass is 328 g/mol. The number of nitrogens with two attached hydrogens (primary N) is 1. The van der Waals surface area contributed by atoms with Crippen LogP contribution < -0.4 is 11.1 Å². The van der Waals surface area contributed by atoms with Crippen molar-refractivity contribution < 1.29 is 8.42 Å². The van der Waals surface area contributed by atoms with Gasteiger partial charge in [-0.25, -0.2) is 18.4 Å². The maximum atomic E-state index is 11.5. The molecule has 0 radical (unpaired) electrons. The molecule has 0 aliphatic carbocycles. The van der Waals surface area contributed by atoms with Crippen LogP contribution in [-0.4, -0.2) is 31.7 Å². The number of hydrogen-bond donors (Lipinski definition) is 2. The number of rotatable bonds is 3. The largest absolute Gasteiger partial charge is 0.399 e. The highest BCUT2D eigenvalue weighted by atomic mass is 32.2. The first kappa shape index (κ1) is 15.2. The average molecular weight is 328 g/mol. The second-order valence-corrected chi connectivity index (χ2v) is 7.23. The maximum absolute atomic E-state index is 11.5. The summed E-state index contributed by atoms with van der Waals surface area (Å²) in [4.78, 5) is 9.29. The second-order valence-electron chi connectivity index (χ2n) is 5.22. The number of nitrogens with one attached hydrogen (secondary N) is 1. The molecule has 0 unspecified atom stereocenters. The summed E-state index contributed by atoms with van der Waals surface area (Å²) in [6.07, 6.45) is 1.18. The fourth-order valence-electron chi connectivity index (χ4n) is 2.32. The third-order valence-electron chi connectivity index (χ3n) is 3.50. The minimum Gasteiger partial charge on any atom is -0.399 e. The lowest BCUT2D eigenvalue weighted by Gasteiger charge is -2.09. The molecule has 6 nitrogen and oxygen atoms in total. The standard InChI is InChI=1S/C16H16N4O2S/c1-18-16-13-8-5-11(17)9-14(13)19-15(20-16)10-3-6-12(7-4-10)23(2,21)22/h3-9H,17H2,1-2H3,(H,18,19,20). The van der Waals surface area contributed by atoms with E-state index in [0.717, 1.165) is 16.5 Å². The first-order chi connectivity index (χ1) is 10.9. The van der Waals surface area contributed by atoms with Crippen LogP contribution in [0.25, 0.3) is 22.3 Å². The molecule has 0 amide bonds. The molecule has 3 aromatic rings. The van der Waals surface area contributed by atoms with Crippen LogP contribution in [-0.2, 0) is 9.84 Å². The van der Waals surface area contributed by atoms with E-state index in [9.17, 15) is 8.42 Å². The Balaban J connectivity index is 2.16. The molecule has 0 spiro atoms. The Morgan fingerprint density at radius 2 is 1.74 bits per heavy atom. The van der Waals surface area contributed by atoms with Gasteiger partial charge in [-0.2, -0.15) is 0 Å². The molecule has 0 fully saturated rings. The van der Waals surface area contributed by atoms with Crippen molar-refractivity contribution in [3.8, 4) is 11.4 Å². The quantitative estimate of drug-likeness (QED) is 0.716. The number of nitrogens with zero attached hydrogens (tertiary/aromatic N) is 2. The molecule has 1 heterocycles. The van der Waals surface area contributed by atoms with Gasteiger partial charge < -0.3 is 11.1 Å². The summed E-state index contributed by atoms with van der Waals surface area (Å²) >= 11 is 0. The van der Waals surface area contributed by atoms with Crippen molar-refractivity contribution in [3.05, 3.63) is 42.5 Å². The van der Waals surface area contributed by atoms with Gasteiger partial charge >= 0.3 is 0 Å². The Bertz CT molecular complexity index is 983. The predicted molar refractivity (Wildman–Crippen MR) is 92.0 cm³/mol. The van der Waals surface area contributed by atoms with Gasteiger partial charge in [0.05, 0.1) is 10.4 Å². The summed E-state index contributed by atoms with van der Waals surface area (Å²) in [7, 11) is -1.44. The van der Waals surface area contributed by atoms with Gasteiger partial charge in [-0.1, -0.05) is 0 Å². The average Bonchev–Trinajstić information content (AvgIpc) is 2.52. The maximum Gasteiger partial charge on any atom is 0.175 e. The van der Waals surface area contributed by atoms with E-state index in [-0.39, 0.29) is 4.90 Å². The number of fused-ring (bicyclic) bond motifs is 1. The lowest BCUT2D eigenvalue weighted by Crippen LogP contribution is -2.00. The van der Waals surface area contributed by atoms with Crippen molar-refractivity contribution in [2.45, 2.75) is 4.90 Å². The number of nitrogen functional groups attached to an aromatic ring is 1. The summed E-state index contributed by atoms with van der Waals surface area (Å²) in [6.45, 7) is 0. The Labute approximate surface area is 134 Å². The van der Waals surface area contributed by atoms with E-state index in [4.69, 9.17) is 5.73 Å². The molecule has 0 bridgehead atoms. The van der Waals surface area contributed by atoms with Gasteiger partial charge in [0.1, 0.15) is 5.82 Å². The topological polar surface area (TPSA) is 98.0 Å². The van der Waals surface area contributed by atoms with Crippen LogP contribution in [0.5, 0.6) is 0 Å². The van der Waals surface area contributed by atoms with E-state index >= 15 is 0 Å². The second kappa shape index (κ2) is 5.51. The highest BCUT2D eigenvalue weighted by Crippen LogP contribution is 2.26. The van der Waals surface area contributed by atoms with Crippen LogP contribution in [0.1, 0.15) is 0 Å². The molecule has 0 saturated carbocycles. The van der Waals surface area contributed by atoms with Crippen LogP contribution in [0.15, 0.2) is 47.4 Å². The molecule has 23 heavy (non-hydrogen) atoms. The third kappa shape index (κ3) is 2.95. The summed E-state index contributed by atoms with van der Waals surface area (Å²) in [5.74, 6) is 1.20. The molecule has 118 valence electrons. The molecular formula is C16H16N4O2S. The van der Waals surface area contributed by atoms with Crippen LogP contribution in [0.3, 0.4) is 0 Å². The molecule has 3 N–H and O–H groups in total. The van der Waals surface area contributed by atoms with Crippen LogP contribution >= 0.6 is 0 Å². The van der Waals surface area contributed by atoms with Crippen molar-refractivity contribution >= 4 is 32.2 Å². The van der Waals surface area contributed by atoms with Crippen molar-refractivity contribution in [1.82, 2.24) is 9.97 Å². The minimum atomic E-state index is -3.22. The molecular weight excluding hydrogens is 312 g/mol. The van der Waals surface area contributed by atoms with Crippen LogP contribution in [0, 0.1) is 0 Å². The van der Waals surface area contributed by atoms with Crippen molar-refractivity contribution in [2.24, 2.45) is 0 Å². The van der Waals surface area contributed by atoms with Crippen molar-refractivity contribution in [3.63, 3.8) is 0 Å². The first-order valence-corrected chi connectivity index (χ1v) is 8.83. The number of anilines is 2. The molecule has 1 aromatic heterocycles. The van der Waals surface area contributed by atoms with Gasteiger partial charge in [0.15, 0.2) is 15.7 Å². The highest BCUT2D eigenvalue weighted by Gasteiger charge is 2.11. The van der Waals surface area contributed by atoms with E-state index in [1.807, 2.05) is 6.07 Å². The lowest BCUT2D eigenvalue weighted by atomic mass is 10.1. The zero-order chi connectivity index (χ0) is 16.6. The van der Waals surface area contributed by atoms with E-state index < -0.39 is 9.84 Å². The molecule has 0 saturated heterocycles. The summed E-state index contributed by atoms with van der Waals surface area (Å²) in [6, 6.07) is 12.0. The van der Waals surface area contributed by atoms with Gasteiger partial charge in [0.25, 0.3) is 0 Å². The number of hydrogen-bond acceptors (Lipinski definition) is 6. The van der Waals surface area contributed by atoms with Gasteiger partial charge in [-0.05, 0) is 42.5 Å². The van der Waals surface area contributed by atoms with Crippen molar-refractivity contribution in [2.75, 3.05) is 24.4 Å². The minimum absolute atomic E-state index is 0.264. The number of benzene rings is 2. The van der Waals surface area contributed by atoms with E-state index in [1.165, 1.54) is 6.26 Å². The SMILES string of the molecule is CNc1nc(-c2ccc(S(C)(=O)=O)cc2)nc2cc(N)ccc12. The smallest absolute Gasteiger partial charge is 0.175 e. The Kier molecular flexibility index (Phi) is 3.65. The van der Waals surface area contributed by atoms with E-state index in [1.54, 1.807) is 43.4 Å². The van der Waals surface area contributed by atoms with E-state index in [2.05, 4.69) is 15.3 Å². The normalized spacial score (nSPS) is 11.6. The predicted octanol–water partition coefficient (Wildman–Crippen LogP) is 2.32. The number of aromatic nitrogens is 2. The lowest BCUT2D eigenvalue weighted by molar-refractivity contribution is 0.602. The van der Waals surface area contributed by atoms with Crippen LogP contribution in [0.2, 0.25) is 0 Å². The highest BCUT2D eigenvalue weighted by molar-refractivity contribution is 7.90. The Morgan fingerprint density at radius 3 is 2.35 bits per heavy atom. The zero-order valence-corrected chi connectivity index (χ0v) is 13.6. The van der Waals surface area contributed by atoms with Gasteiger partial charge in [-0.15, -0.1) is 0 Å². The fourth-order valence-corrected chi connectivity index (χ4v) is 2.95. The molecule has 3 rings (SSSR count). The Morgan fingerprint density at radius 1 is 1.04 bits per heavy atom. The summed E-state index contributed by atoms with van der Waals surface area (Å²) < 4.78 is 23.1. The molecule has 0 atom stereocenters. The molecule has 0 aliphatic heterocycles. The Hall–Kier alpha value is -2.67. The molecule has 0 aliphatic rings. The summed E-state index contributed by atoms with van der Waals surface area (Å²) in [5.41, 5.74) is 7.91. The molecule has 2 aromatic carbocycles. The van der Waals surface area contributed by atoms with E-state index in [0.29, 0.717) is 17.3 Å². The third-order valence-corrected chi connectivity index (χ3v) is 4.63.